The summed E-state index contributed by atoms with van der Waals surface area (Å²) < 4.78 is 6.01. The minimum absolute atomic E-state index is 0.349. The molecule has 2 unspecified atom stereocenters. The summed E-state index contributed by atoms with van der Waals surface area (Å²) in [6.45, 7) is 15.2. The molecule has 0 radical (unpaired) electrons. The van der Waals surface area contributed by atoms with Crippen LogP contribution in [0.1, 0.15) is 54.4 Å². The van der Waals surface area contributed by atoms with Crippen LogP contribution in [-0.2, 0) is 4.74 Å². The summed E-state index contributed by atoms with van der Waals surface area (Å²) >= 11 is 0. The lowest BCUT2D eigenvalue weighted by molar-refractivity contribution is 0.00332. The molecule has 2 nitrogen and oxygen atoms in total. The van der Waals surface area contributed by atoms with E-state index in [1.165, 1.54) is 12.8 Å². The van der Waals surface area contributed by atoms with E-state index in [1.807, 2.05) is 0 Å². The van der Waals surface area contributed by atoms with Gasteiger partial charge in [0.15, 0.2) is 0 Å². The van der Waals surface area contributed by atoms with Crippen molar-refractivity contribution in [2.75, 3.05) is 13.2 Å². The second kappa shape index (κ2) is 9.00. The quantitative estimate of drug-likeness (QED) is 0.654. The van der Waals surface area contributed by atoms with Crippen molar-refractivity contribution in [1.82, 2.24) is 5.32 Å². The van der Waals surface area contributed by atoms with Gasteiger partial charge in [0.2, 0.25) is 0 Å². The second-order valence-corrected chi connectivity index (χ2v) is 5.57. The highest BCUT2D eigenvalue weighted by Crippen LogP contribution is 2.11. The van der Waals surface area contributed by atoms with Gasteiger partial charge in [0, 0.05) is 19.2 Å². The maximum Gasteiger partial charge on any atom is 0.0722 e. The Kier molecular flexibility index (Phi) is 8.96. The molecule has 0 aromatic carbocycles. The molecule has 2 atom stereocenters. The number of rotatable bonds is 9. The van der Waals surface area contributed by atoms with Crippen LogP contribution in [0.4, 0.5) is 0 Å². The molecule has 0 bridgehead atoms. The molecule has 0 aromatic rings. The van der Waals surface area contributed by atoms with Crippen molar-refractivity contribution >= 4 is 0 Å². The van der Waals surface area contributed by atoms with Gasteiger partial charge in [0.25, 0.3) is 0 Å². The molecular weight excluding hydrogens is 198 g/mol. The third-order valence-corrected chi connectivity index (χ3v) is 2.85. The highest BCUT2D eigenvalue weighted by molar-refractivity contribution is 4.68. The third-order valence-electron chi connectivity index (χ3n) is 2.85. The Labute approximate surface area is 102 Å². The average Bonchev–Trinajstić information content (AvgIpc) is 2.17. The van der Waals surface area contributed by atoms with Crippen molar-refractivity contribution in [2.45, 2.75) is 66.5 Å². The molecule has 0 saturated carbocycles. The van der Waals surface area contributed by atoms with E-state index in [-0.39, 0.29) is 0 Å². The predicted octanol–water partition coefficient (Wildman–Crippen LogP) is 3.46. The normalized spacial score (nSPS) is 15.8. The van der Waals surface area contributed by atoms with Crippen molar-refractivity contribution in [1.29, 1.82) is 0 Å². The van der Waals surface area contributed by atoms with Gasteiger partial charge >= 0.3 is 0 Å². The summed E-state index contributed by atoms with van der Waals surface area (Å²) in [6, 6.07) is 0.540. The van der Waals surface area contributed by atoms with Gasteiger partial charge in [0.05, 0.1) is 6.10 Å². The molecule has 0 saturated heterocycles. The summed E-state index contributed by atoms with van der Waals surface area (Å²) in [6.07, 6.45) is 2.87. The van der Waals surface area contributed by atoms with Crippen LogP contribution in [0, 0.1) is 11.8 Å². The fourth-order valence-electron chi connectivity index (χ4n) is 1.70. The molecule has 0 fully saturated rings. The lowest BCUT2D eigenvalue weighted by atomic mass is 10.1. The summed E-state index contributed by atoms with van der Waals surface area (Å²) in [7, 11) is 0. The van der Waals surface area contributed by atoms with Gasteiger partial charge in [-0.25, -0.2) is 0 Å². The Morgan fingerprint density at radius 1 is 1.06 bits per heavy atom. The van der Waals surface area contributed by atoms with Crippen molar-refractivity contribution in [2.24, 2.45) is 11.8 Å². The zero-order valence-corrected chi connectivity index (χ0v) is 12.0. The smallest absolute Gasteiger partial charge is 0.0722 e. The monoisotopic (exact) mass is 229 g/mol. The predicted molar refractivity (Wildman–Crippen MR) is 71.8 cm³/mol. The fourth-order valence-corrected chi connectivity index (χ4v) is 1.70. The second-order valence-electron chi connectivity index (χ2n) is 5.57. The van der Waals surface area contributed by atoms with Gasteiger partial charge in [-0.2, -0.15) is 0 Å². The van der Waals surface area contributed by atoms with E-state index in [1.54, 1.807) is 0 Å². The number of nitrogens with one attached hydrogen (secondary N) is 1. The fraction of sp³-hybridized carbons (Fsp3) is 1.00. The molecule has 0 rings (SSSR count). The van der Waals surface area contributed by atoms with E-state index in [9.17, 15) is 0 Å². The van der Waals surface area contributed by atoms with Gasteiger partial charge in [-0.1, -0.05) is 48.0 Å². The Morgan fingerprint density at radius 3 is 2.12 bits per heavy atom. The van der Waals surface area contributed by atoms with Gasteiger partial charge in [-0.15, -0.1) is 0 Å². The molecule has 0 aliphatic rings. The van der Waals surface area contributed by atoms with E-state index >= 15 is 0 Å². The van der Waals surface area contributed by atoms with Crippen molar-refractivity contribution in [3.05, 3.63) is 0 Å². The molecule has 16 heavy (non-hydrogen) atoms. The summed E-state index contributed by atoms with van der Waals surface area (Å²) in [5.41, 5.74) is 0. The first kappa shape index (κ1) is 15.9. The highest BCUT2D eigenvalue weighted by atomic mass is 16.5. The highest BCUT2D eigenvalue weighted by Gasteiger charge is 2.15. The molecule has 2 heteroatoms. The van der Waals surface area contributed by atoms with Crippen LogP contribution < -0.4 is 5.32 Å². The summed E-state index contributed by atoms with van der Waals surface area (Å²) in [5, 5.41) is 3.46. The van der Waals surface area contributed by atoms with E-state index < -0.39 is 0 Å². The minimum Gasteiger partial charge on any atom is -0.376 e. The van der Waals surface area contributed by atoms with E-state index in [0.717, 1.165) is 13.2 Å². The Morgan fingerprint density at radius 2 is 1.69 bits per heavy atom. The maximum atomic E-state index is 6.01. The number of hydrogen-bond acceptors (Lipinski definition) is 2. The standard InChI is InChI=1S/C14H31NO/c1-7-8-13(6)10-16-14(11(2)3)9-15-12(4)5/h11-15H,7-10H2,1-6H3. The molecule has 0 aromatic heterocycles. The van der Waals surface area contributed by atoms with E-state index in [0.29, 0.717) is 24.0 Å². The number of hydrogen-bond donors (Lipinski definition) is 1. The molecule has 98 valence electrons. The Balaban J connectivity index is 3.84. The van der Waals surface area contributed by atoms with E-state index in [2.05, 4.69) is 46.9 Å². The SMILES string of the molecule is CCCC(C)COC(CNC(C)C)C(C)C. The third kappa shape index (κ3) is 8.12. The van der Waals surface area contributed by atoms with Crippen LogP contribution in [0.15, 0.2) is 0 Å². The maximum absolute atomic E-state index is 6.01. The van der Waals surface area contributed by atoms with Crippen LogP contribution in [0.5, 0.6) is 0 Å². The van der Waals surface area contributed by atoms with Crippen molar-refractivity contribution < 1.29 is 4.74 Å². The molecule has 0 amide bonds. The molecular formula is C14H31NO. The van der Waals surface area contributed by atoms with Crippen molar-refractivity contribution in [3.8, 4) is 0 Å². The zero-order valence-electron chi connectivity index (χ0n) is 12.0. The topological polar surface area (TPSA) is 21.3 Å². The first-order valence-corrected chi connectivity index (χ1v) is 6.82. The summed E-state index contributed by atoms with van der Waals surface area (Å²) in [5.74, 6) is 1.27. The van der Waals surface area contributed by atoms with Gasteiger partial charge in [-0.3, -0.25) is 0 Å². The van der Waals surface area contributed by atoms with Gasteiger partial charge in [0.1, 0.15) is 0 Å². The van der Waals surface area contributed by atoms with Crippen LogP contribution in [0.3, 0.4) is 0 Å². The van der Waals surface area contributed by atoms with E-state index in [4.69, 9.17) is 4.74 Å². The molecule has 0 aliphatic carbocycles. The van der Waals surface area contributed by atoms with Crippen LogP contribution in [0.2, 0.25) is 0 Å². The number of ether oxygens (including phenoxy) is 1. The first-order chi connectivity index (χ1) is 7.47. The van der Waals surface area contributed by atoms with Crippen LogP contribution in [-0.4, -0.2) is 25.3 Å². The molecule has 0 heterocycles. The Hall–Kier alpha value is -0.0800. The Bertz CT molecular complexity index is 157. The van der Waals surface area contributed by atoms with Crippen molar-refractivity contribution in [3.63, 3.8) is 0 Å². The van der Waals surface area contributed by atoms with Crippen LogP contribution >= 0.6 is 0 Å². The molecule has 0 aliphatic heterocycles. The lowest BCUT2D eigenvalue weighted by Crippen LogP contribution is -2.37. The molecule has 1 N–H and O–H groups in total. The van der Waals surface area contributed by atoms with Crippen LogP contribution in [0.25, 0.3) is 0 Å². The summed E-state index contributed by atoms with van der Waals surface area (Å²) in [4.78, 5) is 0. The average molecular weight is 229 g/mol. The molecule has 0 spiro atoms. The first-order valence-electron chi connectivity index (χ1n) is 6.82. The lowest BCUT2D eigenvalue weighted by Gasteiger charge is -2.25. The van der Waals surface area contributed by atoms with Gasteiger partial charge in [-0.05, 0) is 18.3 Å². The largest absolute Gasteiger partial charge is 0.376 e. The minimum atomic E-state index is 0.349. The van der Waals surface area contributed by atoms with Gasteiger partial charge < -0.3 is 10.1 Å². The zero-order chi connectivity index (χ0) is 12.6.